The van der Waals surface area contributed by atoms with E-state index in [1.54, 1.807) is 10.6 Å². The average Bonchev–Trinajstić information content (AvgIpc) is 3.37. The van der Waals surface area contributed by atoms with Gasteiger partial charge >= 0.3 is 0 Å². The molecule has 0 aliphatic heterocycles. The van der Waals surface area contributed by atoms with E-state index in [2.05, 4.69) is 121 Å². The first kappa shape index (κ1) is 27.8. The number of benzene rings is 4. The Hall–Kier alpha value is -1.48. The summed E-state index contributed by atoms with van der Waals surface area (Å²) in [5.74, 6) is 0. The third-order valence-corrected chi connectivity index (χ3v) is 9.79. The van der Waals surface area contributed by atoms with Gasteiger partial charge in [-0.2, -0.15) is 0 Å². The van der Waals surface area contributed by atoms with Crippen LogP contribution in [0.3, 0.4) is 0 Å². The number of hydrogen-bond donors (Lipinski definition) is 0. The van der Waals surface area contributed by atoms with Gasteiger partial charge in [0.05, 0.1) is 0 Å². The molecular formula is C29H30ClNiP2-. The molecule has 1 saturated carbocycles. The van der Waals surface area contributed by atoms with Crippen LogP contribution in [0, 0.1) is 0 Å². The summed E-state index contributed by atoms with van der Waals surface area (Å²) in [4.78, 5) is 0. The first-order chi connectivity index (χ1) is 15.4. The minimum Gasteiger partial charge on any atom is -1.00 e. The molecule has 1 fully saturated rings. The van der Waals surface area contributed by atoms with Crippen molar-refractivity contribution >= 4 is 37.7 Å². The molecule has 0 radical (unpaired) electrons. The van der Waals surface area contributed by atoms with Gasteiger partial charge in [-0.1, -0.05) is 143 Å². The van der Waals surface area contributed by atoms with Gasteiger partial charge in [0.2, 0.25) is 0 Å². The Labute approximate surface area is 218 Å². The Morgan fingerprint density at radius 1 is 0.515 bits per heavy atom. The Kier molecular flexibility index (Phi) is 13.0. The molecule has 0 bridgehead atoms. The van der Waals surface area contributed by atoms with E-state index in [1.165, 1.54) is 36.3 Å². The molecule has 0 nitrogen and oxygen atoms in total. The standard InChI is InChI=1S/C17H19P.C12H11P.ClH.Ni/c1-3-9-15(10-4-1)18(17-13-7-8-14-17)16-11-5-2-6-12-16;1-3-7-11(8-4-1)13-12-9-5-2-6-10-12;;/h1-6,9-12,17H,7-8,13-14H2;1-10,13H;1H;/p-1. The van der Waals surface area contributed by atoms with Crippen molar-refractivity contribution in [2.75, 3.05) is 0 Å². The molecule has 1 aliphatic rings. The molecule has 33 heavy (non-hydrogen) atoms. The van der Waals surface area contributed by atoms with E-state index in [0.717, 1.165) is 14.2 Å². The van der Waals surface area contributed by atoms with Gasteiger partial charge in [-0.15, -0.1) is 0 Å². The minimum absolute atomic E-state index is 0. The monoisotopic (exact) mass is 533 g/mol. The van der Waals surface area contributed by atoms with E-state index in [4.69, 9.17) is 0 Å². The Balaban J connectivity index is 0.000000230. The van der Waals surface area contributed by atoms with Crippen LogP contribution < -0.4 is 33.6 Å². The maximum Gasteiger partial charge on any atom is 0 e. The molecule has 0 saturated heterocycles. The van der Waals surface area contributed by atoms with Gasteiger partial charge in [0.25, 0.3) is 0 Å². The quantitative estimate of drug-likeness (QED) is 0.272. The molecule has 0 N–H and O–H groups in total. The molecule has 0 unspecified atom stereocenters. The first-order valence-electron chi connectivity index (χ1n) is 11.2. The van der Waals surface area contributed by atoms with Crippen molar-refractivity contribution in [1.82, 2.24) is 0 Å². The zero-order valence-corrected chi connectivity index (χ0v) is 22.2. The summed E-state index contributed by atoms with van der Waals surface area (Å²) < 4.78 is 0. The fraction of sp³-hybridized carbons (Fsp3) is 0.172. The van der Waals surface area contributed by atoms with Crippen molar-refractivity contribution in [3.8, 4) is 0 Å². The molecule has 4 aromatic rings. The van der Waals surface area contributed by atoms with E-state index < -0.39 is 0 Å². The van der Waals surface area contributed by atoms with Crippen LogP contribution in [0.4, 0.5) is 0 Å². The normalized spacial score (nSPS) is 12.8. The second kappa shape index (κ2) is 15.4. The maximum absolute atomic E-state index is 2.32. The largest absolute Gasteiger partial charge is 1.00 e. The van der Waals surface area contributed by atoms with Crippen molar-refractivity contribution in [1.29, 1.82) is 0 Å². The second-order valence-corrected chi connectivity index (χ2v) is 11.7. The van der Waals surface area contributed by atoms with Gasteiger partial charge in [0, 0.05) is 16.5 Å². The summed E-state index contributed by atoms with van der Waals surface area (Å²) in [7, 11) is 0.625. The van der Waals surface area contributed by atoms with Gasteiger partial charge in [-0.3, -0.25) is 0 Å². The molecule has 174 valence electrons. The van der Waals surface area contributed by atoms with E-state index >= 15 is 0 Å². The molecule has 0 aromatic heterocycles. The second-order valence-electron chi connectivity index (χ2n) is 7.84. The van der Waals surface area contributed by atoms with Crippen molar-refractivity contribution in [3.05, 3.63) is 121 Å². The van der Waals surface area contributed by atoms with Gasteiger partial charge in [-0.05, 0) is 47.6 Å². The molecule has 5 rings (SSSR count). The minimum atomic E-state index is -0.152. The Morgan fingerprint density at radius 2 is 0.848 bits per heavy atom. The van der Waals surface area contributed by atoms with Crippen LogP contribution in [-0.2, 0) is 16.5 Å². The predicted octanol–water partition coefficient (Wildman–Crippen LogP) is 3.38. The summed E-state index contributed by atoms with van der Waals surface area (Å²) in [5.41, 5.74) is 0.893. The molecular weight excluding hydrogens is 504 g/mol. The maximum atomic E-state index is 2.32. The van der Waals surface area contributed by atoms with Gasteiger partial charge in [0.1, 0.15) is 0 Å². The van der Waals surface area contributed by atoms with Crippen molar-refractivity contribution in [2.45, 2.75) is 31.3 Å². The summed E-state index contributed by atoms with van der Waals surface area (Å²) in [6, 6.07) is 43.4. The van der Waals surface area contributed by atoms with Crippen LogP contribution in [-0.4, -0.2) is 5.66 Å². The number of rotatable bonds is 5. The van der Waals surface area contributed by atoms with Crippen LogP contribution in [0.25, 0.3) is 0 Å². The first-order valence-corrected chi connectivity index (χ1v) is 13.6. The third kappa shape index (κ3) is 8.67. The Bertz CT molecular complexity index is 931. The summed E-state index contributed by atoms with van der Waals surface area (Å²) >= 11 is 0. The van der Waals surface area contributed by atoms with Gasteiger partial charge < -0.3 is 12.4 Å². The molecule has 1 aliphatic carbocycles. The fourth-order valence-corrected chi connectivity index (χ4v) is 8.18. The molecule has 0 heterocycles. The number of hydrogen-bond acceptors (Lipinski definition) is 0. The predicted molar refractivity (Wildman–Crippen MR) is 142 cm³/mol. The van der Waals surface area contributed by atoms with Gasteiger partial charge in [-0.25, -0.2) is 0 Å². The van der Waals surface area contributed by atoms with Gasteiger partial charge in [0.15, 0.2) is 0 Å². The molecule has 4 aromatic carbocycles. The van der Waals surface area contributed by atoms with E-state index in [0.29, 0.717) is 0 Å². The zero-order chi connectivity index (χ0) is 21.1. The van der Waals surface area contributed by atoms with E-state index in [9.17, 15) is 0 Å². The van der Waals surface area contributed by atoms with Crippen LogP contribution >= 0.6 is 16.5 Å². The average molecular weight is 535 g/mol. The molecule has 0 spiro atoms. The van der Waals surface area contributed by atoms with Crippen molar-refractivity contribution in [3.63, 3.8) is 0 Å². The fourth-order valence-electron chi connectivity index (χ4n) is 4.12. The molecule has 0 amide bonds. The van der Waals surface area contributed by atoms with Crippen LogP contribution in [0.1, 0.15) is 25.7 Å². The summed E-state index contributed by atoms with van der Waals surface area (Å²) in [6.45, 7) is 0. The smallest absolute Gasteiger partial charge is 0 e. The molecule has 0 atom stereocenters. The van der Waals surface area contributed by atoms with Crippen LogP contribution in [0.5, 0.6) is 0 Å². The number of halogens is 1. The topological polar surface area (TPSA) is 0 Å². The Morgan fingerprint density at radius 3 is 1.21 bits per heavy atom. The summed E-state index contributed by atoms with van der Waals surface area (Å²) in [6.07, 6.45) is 5.66. The van der Waals surface area contributed by atoms with Crippen LogP contribution in [0.15, 0.2) is 121 Å². The zero-order valence-electron chi connectivity index (χ0n) is 18.6. The molecule has 4 heteroatoms. The summed E-state index contributed by atoms with van der Waals surface area (Å²) in [5, 5.41) is 5.89. The van der Waals surface area contributed by atoms with E-state index in [-0.39, 0.29) is 36.8 Å². The third-order valence-electron chi connectivity index (χ3n) is 5.59. The van der Waals surface area contributed by atoms with E-state index in [1.807, 2.05) is 0 Å². The van der Waals surface area contributed by atoms with Crippen molar-refractivity contribution in [2.24, 2.45) is 0 Å². The SMILES string of the molecule is [Cl-].[Ni].c1ccc(P(c2ccccc2)C2CCCC2)cc1.c1ccc(Pc2ccccc2)cc1. The van der Waals surface area contributed by atoms with Crippen LogP contribution in [0.2, 0.25) is 0 Å². The van der Waals surface area contributed by atoms with Crippen molar-refractivity contribution < 1.29 is 28.9 Å².